The lowest BCUT2D eigenvalue weighted by molar-refractivity contribution is -0.291. The second-order valence-corrected chi connectivity index (χ2v) is 9.20. The number of benzene rings is 1. The van der Waals surface area contributed by atoms with Crippen molar-refractivity contribution in [3.63, 3.8) is 0 Å². The number of halogens is 10. The lowest BCUT2D eigenvalue weighted by atomic mass is 9.98. The van der Waals surface area contributed by atoms with E-state index in [0.29, 0.717) is 20.3 Å². The van der Waals surface area contributed by atoms with Gasteiger partial charge in [-0.25, -0.2) is 9.36 Å². The van der Waals surface area contributed by atoms with Gasteiger partial charge in [0.25, 0.3) is 5.91 Å². The summed E-state index contributed by atoms with van der Waals surface area (Å²) in [6, 6.07) is 5.62. The first kappa shape index (κ1) is 31.1. The number of nitriles is 2. The third-order valence-electron chi connectivity index (χ3n) is 6.45. The van der Waals surface area contributed by atoms with Crippen LogP contribution in [0, 0.1) is 22.7 Å². The Bertz CT molecular complexity index is 1640. The first-order chi connectivity index (χ1) is 19.9. The number of nitrogens with zero attached hydrogens (tertiary/aromatic N) is 7. The summed E-state index contributed by atoms with van der Waals surface area (Å²) >= 11 is 0. The van der Waals surface area contributed by atoms with Gasteiger partial charge in [0.05, 0.1) is 29.5 Å². The van der Waals surface area contributed by atoms with Crippen LogP contribution in [0.25, 0.3) is 16.9 Å². The average molecular weight is 623 g/mol. The molecule has 0 aliphatic heterocycles. The minimum atomic E-state index is -6.25. The van der Waals surface area contributed by atoms with E-state index in [1.807, 2.05) is 6.07 Å². The number of hydrogen-bond donors (Lipinski definition) is 0. The van der Waals surface area contributed by atoms with Crippen LogP contribution in [-0.2, 0) is 19.1 Å². The molecule has 1 fully saturated rings. The summed E-state index contributed by atoms with van der Waals surface area (Å²) in [5, 5.41) is 25.3. The number of alkyl halides is 10. The Morgan fingerprint density at radius 2 is 1.77 bits per heavy atom. The SMILES string of the molecule is Cn1nc(C(F)(F)C(F)(F)F)c(OC(F)F)c1-n1cc(-c2ccc(C(F)(F)F)c(C(=O)N(CC#N)C3(C#N)CC3)c2)cn1. The van der Waals surface area contributed by atoms with Crippen LogP contribution in [0.15, 0.2) is 30.6 Å². The predicted molar refractivity (Wildman–Crippen MR) is 122 cm³/mol. The van der Waals surface area contributed by atoms with Gasteiger partial charge < -0.3 is 9.64 Å². The van der Waals surface area contributed by atoms with E-state index in [9.17, 15) is 54.0 Å². The number of aromatic nitrogens is 4. The molecule has 1 saturated carbocycles. The maximum absolute atomic E-state index is 14.1. The minimum Gasteiger partial charge on any atom is -0.428 e. The van der Waals surface area contributed by atoms with Gasteiger partial charge in [-0.3, -0.25) is 4.79 Å². The van der Waals surface area contributed by atoms with Gasteiger partial charge in [-0.1, -0.05) is 6.07 Å². The van der Waals surface area contributed by atoms with Crippen molar-refractivity contribution in [3.05, 3.63) is 47.4 Å². The monoisotopic (exact) mass is 623 g/mol. The molecule has 0 bridgehead atoms. The van der Waals surface area contributed by atoms with Crippen molar-refractivity contribution in [2.75, 3.05) is 6.54 Å². The van der Waals surface area contributed by atoms with Crippen LogP contribution >= 0.6 is 0 Å². The van der Waals surface area contributed by atoms with E-state index < -0.39 is 71.3 Å². The maximum atomic E-state index is 14.1. The fourth-order valence-corrected chi connectivity index (χ4v) is 4.21. The van der Waals surface area contributed by atoms with Crippen molar-refractivity contribution >= 4 is 5.91 Å². The number of amides is 1. The summed E-state index contributed by atoms with van der Waals surface area (Å²) in [6.07, 6.45) is -9.32. The Morgan fingerprint density at radius 1 is 1.12 bits per heavy atom. The minimum absolute atomic E-state index is 0.119. The Kier molecular flexibility index (Phi) is 7.58. The molecule has 0 N–H and O–H groups in total. The van der Waals surface area contributed by atoms with Gasteiger partial charge in [0.1, 0.15) is 12.1 Å². The second-order valence-electron chi connectivity index (χ2n) is 9.20. The number of carbonyl (C=O) groups excluding carboxylic acids is 1. The zero-order valence-electron chi connectivity index (χ0n) is 21.3. The Balaban J connectivity index is 1.83. The van der Waals surface area contributed by atoms with E-state index in [-0.39, 0.29) is 24.0 Å². The quantitative estimate of drug-likeness (QED) is 0.240. The molecule has 0 unspecified atom stereocenters. The normalized spacial score (nSPS) is 14.7. The van der Waals surface area contributed by atoms with Gasteiger partial charge >= 0.3 is 24.9 Å². The number of ether oxygens (including phenoxy) is 1. The van der Waals surface area contributed by atoms with E-state index in [1.54, 1.807) is 6.07 Å². The molecule has 9 nitrogen and oxygen atoms in total. The van der Waals surface area contributed by atoms with E-state index in [1.165, 1.54) is 0 Å². The number of carbonyl (C=O) groups is 1. The van der Waals surface area contributed by atoms with Crippen LogP contribution in [-0.4, -0.2) is 55.2 Å². The van der Waals surface area contributed by atoms with Crippen LogP contribution < -0.4 is 4.74 Å². The summed E-state index contributed by atoms with van der Waals surface area (Å²) in [5.74, 6) is -9.61. The molecular formula is C24H15F10N7O2. The van der Waals surface area contributed by atoms with Crippen molar-refractivity contribution in [2.24, 2.45) is 7.05 Å². The number of hydrogen-bond acceptors (Lipinski definition) is 6. The van der Waals surface area contributed by atoms with Crippen LogP contribution in [0.3, 0.4) is 0 Å². The highest BCUT2D eigenvalue weighted by molar-refractivity contribution is 5.98. The zero-order valence-corrected chi connectivity index (χ0v) is 21.3. The summed E-state index contributed by atoms with van der Waals surface area (Å²) in [7, 11) is 0.826. The Hall–Kier alpha value is -4.81. The van der Waals surface area contributed by atoms with Crippen molar-refractivity contribution < 1.29 is 53.4 Å². The standard InChI is InChI=1S/C24H15F10N7O2/c1-39-18(16(43-20(25)26)17(38-39)22(27,28)24(32,33)34)41-10-13(9-37-41)12-2-3-15(23(29,30)31)14(8-12)19(42)40(7-6-35)21(11-36)4-5-21/h2-3,8-10,20H,4-5,7H2,1H3. The van der Waals surface area contributed by atoms with Gasteiger partial charge in [-0.05, 0) is 30.5 Å². The van der Waals surface area contributed by atoms with E-state index in [2.05, 4.69) is 14.9 Å². The summed E-state index contributed by atoms with van der Waals surface area (Å²) < 4.78 is 140. The topological polar surface area (TPSA) is 113 Å². The molecule has 1 aliphatic rings. The Labute approximate surface area is 234 Å². The van der Waals surface area contributed by atoms with Crippen LogP contribution in [0.2, 0.25) is 0 Å². The molecule has 19 heteroatoms. The Morgan fingerprint density at radius 3 is 2.28 bits per heavy atom. The second kappa shape index (κ2) is 10.5. The third kappa shape index (κ3) is 5.54. The van der Waals surface area contributed by atoms with E-state index in [0.717, 1.165) is 31.6 Å². The molecule has 2 heterocycles. The molecule has 0 spiro atoms. The van der Waals surface area contributed by atoms with Crippen molar-refractivity contribution in [1.29, 1.82) is 10.5 Å². The highest BCUT2D eigenvalue weighted by atomic mass is 19.4. The molecular weight excluding hydrogens is 608 g/mol. The molecule has 1 aliphatic carbocycles. The predicted octanol–water partition coefficient (Wildman–Crippen LogP) is 5.57. The summed E-state index contributed by atoms with van der Waals surface area (Å²) in [4.78, 5) is 14.0. The van der Waals surface area contributed by atoms with Gasteiger partial charge in [0.15, 0.2) is 17.3 Å². The van der Waals surface area contributed by atoms with Crippen LogP contribution in [0.5, 0.6) is 5.75 Å². The van der Waals surface area contributed by atoms with Gasteiger partial charge in [-0.15, -0.1) is 0 Å². The molecule has 1 aromatic carbocycles. The van der Waals surface area contributed by atoms with Crippen LogP contribution in [0.1, 0.15) is 34.5 Å². The maximum Gasteiger partial charge on any atom is 0.459 e. The average Bonchev–Trinajstić information content (AvgIpc) is 3.43. The smallest absolute Gasteiger partial charge is 0.428 e. The molecule has 0 saturated heterocycles. The third-order valence-corrected chi connectivity index (χ3v) is 6.45. The van der Waals surface area contributed by atoms with E-state index in [4.69, 9.17) is 5.26 Å². The first-order valence-electron chi connectivity index (χ1n) is 11.7. The summed E-state index contributed by atoms with van der Waals surface area (Å²) in [5.41, 5.74) is -6.35. The van der Waals surface area contributed by atoms with Crippen molar-refractivity contribution in [1.82, 2.24) is 24.5 Å². The lowest BCUT2D eigenvalue weighted by Gasteiger charge is -2.26. The van der Waals surface area contributed by atoms with Crippen molar-refractivity contribution in [3.8, 4) is 34.8 Å². The fraction of sp³-hybridized carbons (Fsp3) is 0.375. The first-order valence-corrected chi connectivity index (χ1v) is 11.7. The lowest BCUT2D eigenvalue weighted by Crippen LogP contribution is -2.42. The number of rotatable bonds is 8. The van der Waals surface area contributed by atoms with E-state index >= 15 is 0 Å². The molecule has 0 radical (unpaired) electrons. The zero-order chi connectivity index (χ0) is 32.1. The van der Waals surface area contributed by atoms with Gasteiger partial charge in [0.2, 0.25) is 0 Å². The molecule has 4 rings (SSSR count). The molecule has 1 amide bonds. The van der Waals surface area contributed by atoms with Gasteiger partial charge in [-0.2, -0.15) is 64.6 Å². The van der Waals surface area contributed by atoms with Crippen molar-refractivity contribution in [2.45, 2.75) is 43.3 Å². The van der Waals surface area contributed by atoms with Crippen LogP contribution in [0.4, 0.5) is 43.9 Å². The summed E-state index contributed by atoms with van der Waals surface area (Å²) in [6.45, 7) is -4.58. The molecule has 3 aromatic rings. The molecule has 0 atom stereocenters. The number of aryl methyl sites for hydroxylation is 1. The molecule has 43 heavy (non-hydrogen) atoms. The molecule has 2 aromatic heterocycles. The van der Waals surface area contributed by atoms with Gasteiger partial charge in [0, 0.05) is 18.8 Å². The fourth-order valence-electron chi connectivity index (χ4n) is 4.21. The highest BCUT2D eigenvalue weighted by Gasteiger charge is 2.63. The largest absolute Gasteiger partial charge is 0.459 e. The molecule has 228 valence electrons. The highest BCUT2D eigenvalue weighted by Crippen LogP contribution is 2.48.